The number of esters is 1. The van der Waals surface area contributed by atoms with Gasteiger partial charge in [-0.3, -0.25) is 9.59 Å². The van der Waals surface area contributed by atoms with Crippen molar-refractivity contribution in [3.63, 3.8) is 0 Å². The molecule has 0 radical (unpaired) electrons. The normalized spacial score (nSPS) is 52.4. The van der Waals surface area contributed by atoms with Crippen LogP contribution in [0.4, 0.5) is 0 Å². The van der Waals surface area contributed by atoms with Crippen molar-refractivity contribution in [1.82, 2.24) is 4.98 Å². The summed E-state index contributed by atoms with van der Waals surface area (Å²) in [6, 6.07) is 1.98. The zero-order valence-corrected chi connectivity index (χ0v) is 36.2. The molecule has 2 bridgehead atoms. The lowest BCUT2D eigenvalue weighted by atomic mass is 9.40. The van der Waals surface area contributed by atoms with Crippen LogP contribution < -0.4 is 0 Å². The van der Waals surface area contributed by atoms with Crippen LogP contribution in [0.25, 0.3) is 0 Å². The summed E-state index contributed by atoms with van der Waals surface area (Å²) < 4.78 is 5.88. The Morgan fingerprint density at radius 2 is 1.73 bits per heavy atom. The quantitative estimate of drug-likeness (QED) is 0.110. The van der Waals surface area contributed by atoms with Crippen molar-refractivity contribution in [2.24, 2.45) is 81.8 Å². The topological polar surface area (TPSA) is 160 Å². The number of ketones is 1. The maximum atomic E-state index is 14.2. The van der Waals surface area contributed by atoms with Crippen LogP contribution in [0.5, 0.6) is 0 Å². The first-order valence-corrected chi connectivity index (χ1v) is 23.8. The van der Waals surface area contributed by atoms with Gasteiger partial charge in [0, 0.05) is 47.9 Å². The third-order valence-electron chi connectivity index (χ3n) is 19.5. The molecule has 1 aromatic heterocycles. The SMILES string of the molecule is C[C@@H]1CCC2=CC[C@@H]3[C@@H](C[C@H]([C@H]4COC(=O)[C@@H]4c4cc[nH]c4)C#CC[C@@H]4C[C@@]5(O)C6=CC(=O)[C@@H]7C[C@@H](O)[C@@H](O)C[C@]7(C)[C@H]6[C@H]6CCC[C@@]5(C6)[C@H]4[C@@](C)(O)[C@H](O)C[C@H]3C)[C@@H]2C1. The number of allylic oxidation sites excluding steroid dienone is 3. The van der Waals surface area contributed by atoms with Crippen LogP contribution in [0.1, 0.15) is 129 Å². The maximum absolute atomic E-state index is 14.2. The van der Waals surface area contributed by atoms with Gasteiger partial charge >= 0.3 is 5.97 Å². The van der Waals surface area contributed by atoms with Crippen LogP contribution in [0.2, 0.25) is 0 Å². The molecule has 326 valence electrons. The highest BCUT2D eigenvalue weighted by Crippen LogP contribution is 2.75. The van der Waals surface area contributed by atoms with Gasteiger partial charge in [-0.05, 0) is 160 Å². The number of ether oxygens (including phenoxy) is 1. The number of aliphatic hydroxyl groups is 5. The minimum absolute atomic E-state index is 0.0828. The molecule has 20 atom stereocenters. The molecule has 1 saturated heterocycles. The van der Waals surface area contributed by atoms with Crippen LogP contribution in [0, 0.1) is 93.7 Å². The molecule has 1 aromatic rings. The second-order valence-electron chi connectivity index (χ2n) is 22.5. The number of H-pyrrole nitrogens is 1. The third-order valence-corrected chi connectivity index (χ3v) is 19.5. The Morgan fingerprint density at radius 1 is 0.917 bits per heavy atom. The zero-order chi connectivity index (χ0) is 42.1. The Labute approximate surface area is 356 Å². The van der Waals surface area contributed by atoms with E-state index < -0.39 is 58.1 Å². The van der Waals surface area contributed by atoms with E-state index >= 15 is 0 Å². The predicted octanol–water partition coefficient (Wildman–Crippen LogP) is 6.64. The number of nitrogens with one attached hydrogen (secondary N) is 1. The summed E-state index contributed by atoms with van der Waals surface area (Å²) in [5.74, 6) is 7.14. The van der Waals surface area contributed by atoms with E-state index in [-0.39, 0.29) is 59.6 Å². The number of carbonyl (C=O) groups excluding carboxylic acids is 2. The van der Waals surface area contributed by atoms with Crippen molar-refractivity contribution < 1.29 is 39.9 Å². The first kappa shape index (κ1) is 41.3. The van der Waals surface area contributed by atoms with E-state index in [0.717, 1.165) is 49.7 Å². The average molecular weight is 824 g/mol. The fourth-order valence-corrected chi connectivity index (χ4v) is 16.9. The van der Waals surface area contributed by atoms with Crippen LogP contribution in [-0.4, -0.2) is 78.4 Å². The molecule has 6 fully saturated rings. The monoisotopic (exact) mass is 824 g/mol. The molecular weight excluding hydrogens is 755 g/mol. The molecule has 8 aliphatic carbocycles. The first-order chi connectivity index (χ1) is 28.6. The van der Waals surface area contributed by atoms with Crippen LogP contribution >= 0.6 is 0 Å². The second kappa shape index (κ2) is 14.7. The smallest absolute Gasteiger partial charge is 0.313 e. The van der Waals surface area contributed by atoms with E-state index in [0.29, 0.717) is 62.9 Å². The molecule has 2 heterocycles. The van der Waals surface area contributed by atoms with Crippen molar-refractivity contribution in [1.29, 1.82) is 0 Å². The van der Waals surface area contributed by atoms with Gasteiger partial charge in [0.25, 0.3) is 0 Å². The van der Waals surface area contributed by atoms with Gasteiger partial charge in [-0.15, -0.1) is 5.92 Å². The fourth-order valence-electron chi connectivity index (χ4n) is 16.9. The van der Waals surface area contributed by atoms with Crippen LogP contribution in [-0.2, 0) is 14.3 Å². The molecule has 1 spiro atoms. The zero-order valence-electron chi connectivity index (χ0n) is 36.2. The molecule has 0 amide bonds. The minimum atomic E-state index is -1.54. The molecular formula is C51H69NO8. The first-order valence-electron chi connectivity index (χ1n) is 23.8. The standard InChI is InChI=1S/C51H69NO8/c1-27-10-11-29-12-13-34-28(2)18-43(56)49(4,58)46-32(8-5-7-30(19-36(34)35(29)17-27)37-26-60-47(57)44(37)33-14-16-52-25-33)23-51(59)39-21-40(53)38-20-41(54)42(55)24-48(38,3)45(39)31-9-6-15-50(46,51)22-31/h12,14,16,21,25,27-28,30-32,34-38,41-46,52,54-56,58-59H,6,8-11,13,15,17-20,22-24,26H2,1-4H3/t27-,28-,30-,31+,32-,34+,35-,36-,37-,38+,41-,42+,43-,44-,45+,46-,48+,49+,50-,51-/m1/s1. The number of hydrogen-bond acceptors (Lipinski definition) is 8. The Kier molecular flexibility index (Phi) is 10.1. The summed E-state index contributed by atoms with van der Waals surface area (Å²) >= 11 is 0. The lowest BCUT2D eigenvalue weighted by Gasteiger charge is -2.66. The van der Waals surface area contributed by atoms with Gasteiger partial charge in [-0.25, -0.2) is 0 Å². The average Bonchev–Trinajstić information content (AvgIpc) is 3.92. The molecule has 6 N–H and O–H groups in total. The Balaban J connectivity index is 1.08. The number of cyclic esters (lactones) is 1. The Bertz CT molecular complexity index is 1990. The van der Waals surface area contributed by atoms with Crippen LogP contribution in [0.15, 0.2) is 41.8 Å². The number of fused-ring (bicyclic) bond motifs is 10. The van der Waals surface area contributed by atoms with Crippen molar-refractivity contribution in [3.05, 3.63) is 47.3 Å². The molecule has 5 saturated carbocycles. The van der Waals surface area contributed by atoms with Crippen molar-refractivity contribution >= 4 is 11.8 Å². The summed E-state index contributed by atoms with van der Waals surface area (Å²) in [7, 11) is 0. The lowest BCUT2D eigenvalue weighted by molar-refractivity contribution is -0.209. The molecule has 9 nitrogen and oxygen atoms in total. The number of aromatic nitrogens is 1. The highest BCUT2D eigenvalue weighted by atomic mass is 16.5. The van der Waals surface area contributed by atoms with Crippen molar-refractivity contribution in [3.8, 4) is 11.8 Å². The largest absolute Gasteiger partial charge is 0.465 e. The van der Waals surface area contributed by atoms with Gasteiger partial charge in [0.1, 0.15) is 0 Å². The number of aliphatic hydroxyl groups excluding tert-OH is 3. The van der Waals surface area contributed by atoms with E-state index in [1.165, 1.54) is 6.42 Å². The molecule has 60 heavy (non-hydrogen) atoms. The van der Waals surface area contributed by atoms with Crippen molar-refractivity contribution in [2.45, 2.75) is 153 Å². The predicted molar refractivity (Wildman–Crippen MR) is 225 cm³/mol. The van der Waals surface area contributed by atoms with E-state index in [1.54, 1.807) is 11.6 Å². The van der Waals surface area contributed by atoms with Gasteiger partial charge in [-0.2, -0.15) is 0 Å². The van der Waals surface area contributed by atoms with E-state index in [2.05, 4.69) is 43.7 Å². The van der Waals surface area contributed by atoms with Crippen molar-refractivity contribution in [2.75, 3.05) is 6.61 Å². The van der Waals surface area contributed by atoms with E-state index in [1.807, 2.05) is 25.4 Å². The van der Waals surface area contributed by atoms with Gasteiger partial charge in [0.15, 0.2) is 5.78 Å². The summed E-state index contributed by atoms with van der Waals surface area (Å²) in [5, 5.41) is 61.3. The highest BCUT2D eigenvalue weighted by Gasteiger charge is 2.75. The van der Waals surface area contributed by atoms with Gasteiger partial charge in [-0.1, -0.05) is 44.8 Å². The Hall–Kier alpha value is -2.74. The second-order valence-corrected chi connectivity index (χ2v) is 22.5. The van der Waals surface area contributed by atoms with Gasteiger partial charge < -0.3 is 35.3 Å². The summed E-state index contributed by atoms with van der Waals surface area (Å²) in [5.41, 5.74) is -1.08. The molecule has 10 rings (SSSR count). The number of rotatable bonds is 2. The highest BCUT2D eigenvalue weighted by molar-refractivity contribution is 5.95. The third kappa shape index (κ3) is 6.03. The van der Waals surface area contributed by atoms with E-state index in [4.69, 9.17) is 4.74 Å². The maximum Gasteiger partial charge on any atom is 0.313 e. The number of hydrogen-bond donors (Lipinski definition) is 6. The fraction of sp³-hybridized carbons (Fsp3) is 0.765. The summed E-state index contributed by atoms with van der Waals surface area (Å²) in [6.07, 6.45) is 15.2. The molecule has 0 unspecified atom stereocenters. The lowest BCUT2D eigenvalue weighted by Crippen LogP contribution is -2.67. The molecule has 1 aliphatic heterocycles. The van der Waals surface area contributed by atoms with Gasteiger partial charge in [0.2, 0.25) is 0 Å². The van der Waals surface area contributed by atoms with Gasteiger partial charge in [0.05, 0.1) is 42.0 Å². The molecule has 0 aromatic carbocycles. The molecule has 9 aliphatic rings. The molecule has 9 heteroatoms. The van der Waals surface area contributed by atoms with E-state index in [9.17, 15) is 35.1 Å². The Morgan fingerprint density at radius 3 is 2.52 bits per heavy atom. The summed E-state index contributed by atoms with van der Waals surface area (Å²) in [4.78, 5) is 30.9. The summed E-state index contributed by atoms with van der Waals surface area (Å²) in [6.45, 7) is 8.89. The van der Waals surface area contributed by atoms with Crippen LogP contribution in [0.3, 0.4) is 0 Å². The minimum Gasteiger partial charge on any atom is -0.465 e. The number of carbonyl (C=O) groups is 2. The number of aromatic amines is 1.